The minimum absolute atomic E-state index is 0.178. The first-order chi connectivity index (χ1) is 6.34. The Balaban J connectivity index is 3.05. The zero-order valence-corrected chi connectivity index (χ0v) is 8.62. The quantitative estimate of drug-likeness (QED) is 0.817. The van der Waals surface area contributed by atoms with Crippen LogP contribution in [0.3, 0.4) is 0 Å². The van der Waals surface area contributed by atoms with Gasteiger partial charge in [-0.1, -0.05) is 6.92 Å². The Morgan fingerprint density at radius 1 is 1.36 bits per heavy atom. The second-order valence-electron chi connectivity index (χ2n) is 3.23. The number of thiophene rings is 1. The molecule has 80 valence electrons. The molecule has 1 heterocycles. The second-order valence-corrected chi connectivity index (χ2v) is 4.15. The van der Waals surface area contributed by atoms with Crippen LogP contribution in [0.15, 0.2) is 11.4 Å². The molecule has 2 unspecified atom stereocenters. The molecule has 0 saturated heterocycles. The smallest absolute Gasteiger partial charge is 0.393 e. The summed E-state index contributed by atoms with van der Waals surface area (Å²) in [6, 6.07) is 1.42. The Morgan fingerprint density at radius 3 is 2.36 bits per heavy atom. The highest BCUT2D eigenvalue weighted by atomic mass is 32.1. The lowest BCUT2D eigenvalue weighted by Gasteiger charge is -2.16. The normalized spacial score (nSPS) is 16.7. The number of aliphatic hydroxyl groups excluding tert-OH is 1. The molecule has 0 aliphatic carbocycles. The van der Waals surface area contributed by atoms with Crippen LogP contribution >= 0.6 is 11.3 Å². The fourth-order valence-corrected chi connectivity index (χ4v) is 2.04. The van der Waals surface area contributed by atoms with Gasteiger partial charge in [0.1, 0.15) is 4.88 Å². The van der Waals surface area contributed by atoms with E-state index in [2.05, 4.69) is 0 Å². The highest BCUT2D eigenvalue weighted by Gasteiger charge is 2.36. The number of hydrogen-bond acceptors (Lipinski definition) is 2. The molecule has 0 aliphatic heterocycles. The van der Waals surface area contributed by atoms with Crippen LogP contribution in [0.5, 0.6) is 0 Å². The van der Waals surface area contributed by atoms with Gasteiger partial charge < -0.3 is 5.11 Å². The molecule has 2 atom stereocenters. The summed E-state index contributed by atoms with van der Waals surface area (Å²) in [5.41, 5.74) is 0.178. The molecule has 0 spiro atoms. The molecule has 5 heteroatoms. The molecular weight excluding hydrogens is 213 g/mol. The van der Waals surface area contributed by atoms with Crippen molar-refractivity contribution >= 4 is 11.3 Å². The summed E-state index contributed by atoms with van der Waals surface area (Å²) in [6.45, 7) is 3.07. The average molecular weight is 224 g/mol. The van der Waals surface area contributed by atoms with Crippen molar-refractivity contribution in [3.05, 3.63) is 21.9 Å². The zero-order valence-electron chi connectivity index (χ0n) is 7.80. The molecule has 0 aromatic carbocycles. The van der Waals surface area contributed by atoms with Crippen LogP contribution in [-0.4, -0.2) is 11.2 Å². The monoisotopic (exact) mass is 224 g/mol. The largest absolute Gasteiger partial charge is 0.425 e. The van der Waals surface area contributed by atoms with Crippen LogP contribution in [0.2, 0.25) is 0 Å². The van der Waals surface area contributed by atoms with Crippen molar-refractivity contribution in [1.29, 1.82) is 0 Å². The molecule has 0 amide bonds. The van der Waals surface area contributed by atoms with Crippen LogP contribution in [0.4, 0.5) is 13.2 Å². The van der Waals surface area contributed by atoms with Gasteiger partial charge in [-0.05, 0) is 23.9 Å². The third-order valence-electron chi connectivity index (χ3n) is 2.17. The number of rotatable bonds is 2. The zero-order chi connectivity index (χ0) is 10.9. The van der Waals surface area contributed by atoms with Crippen molar-refractivity contribution in [3.8, 4) is 0 Å². The topological polar surface area (TPSA) is 20.2 Å². The van der Waals surface area contributed by atoms with Gasteiger partial charge in [-0.25, -0.2) is 0 Å². The van der Waals surface area contributed by atoms with Gasteiger partial charge in [0.05, 0.1) is 6.10 Å². The first-order valence-corrected chi connectivity index (χ1v) is 5.04. The van der Waals surface area contributed by atoms with Crippen molar-refractivity contribution in [1.82, 2.24) is 0 Å². The van der Waals surface area contributed by atoms with Gasteiger partial charge >= 0.3 is 6.18 Å². The lowest BCUT2D eigenvalue weighted by molar-refractivity contribution is -0.135. The summed E-state index contributed by atoms with van der Waals surface area (Å²) >= 11 is 0.666. The predicted octanol–water partition coefficient (Wildman–Crippen LogP) is 3.25. The molecule has 0 bridgehead atoms. The van der Waals surface area contributed by atoms with E-state index in [1.807, 2.05) is 0 Å². The maximum Gasteiger partial charge on any atom is 0.425 e. The third-order valence-corrected chi connectivity index (χ3v) is 3.14. The average Bonchev–Trinajstić information content (AvgIpc) is 2.48. The SMILES string of the molecule is CC(O)C(C)c1ccsc1C(F)(F)F. The number of aliphatic hydroxyl groups is 1. The van der Waals surface area contributed by atoms with E-state index < -0.39 is 23.1 Å². The first-order valence-electron chi connectivity index (χ1n) is 4.16. The lowest BCUT2D eigenvalue weighted by Crippen LogP contribution is -2.15. The maximum atomic E-state index is 12.4. The molecule has 14 heavy (non-hydrogen) atoms. The minimum atomic E-state index is -4.31. The molecule has 1 rings (SSSR count). The van der Waals surface area contributed by atoms with E-state index >= 15 is 0 Å². The molecule has 0 saturated carbocycles. The predicted molar refractivity (Wildman–Crippen MR) is 49.4 cm³/mol. The molecule has 1 aromatic rings. The number of hydrogen-bond donors (Lipinski definition) is 1. The van der Waals surface area contributed by atoms with Crippen molar-refractivity contribution in [2.75, 3.05) is 0 Å². The van der Waals surface area contributed by atoms with Gasteiger partial charge in [-0.2, -0.15) is 13.2 Å². The minimum Gasteiger partial charge on any atom is -0.393 e. The van der Waals surface area contributed by atoms with Crippen LogP contribution < -0.4 is 0 Å². The molecule has 0 aliphatic rings. The van der Waals surface area contributed by atoms with E-state index in [4.69, 9.17) is 0 Å². The summed E-state index contributed by atoms with van der Waals surface area (Å²) in [5, 5.41) is 10.6. The van der Waals surface area contributed by atoms with Crippen LogP contribution in [0.1, 0.15) is 30.2 Å². The summed E-state index contributed by atoms with van der Waals surface area (Å²) < 4.78 is 37.3. The van der Waals surface area contributed by atoms with Crippen LogP contribution in [-0.2, 0) is 6.18 Å². The maximum absolute atomic E-state index is 12.4. The van der Waals surface area contributed by atoms with E-state index in [0.717, 1.165) is 0 Å². The van der Waals surface area contributed by atoms with E-state index in [0.29, 0.717) is 11.3 Å². The standard InChI is InChI=1S/C9H11F3OS/c1-5(6(2)13)7-3-4-14-8(7)9(10,11)12/h3-6,13H,1-2H3. The van der Waals surface area contributed by atoms with Gasteiger partial charge in [0.25, 0.3) is 0 Å². The van der Waals surface area contributed by atoms with E-state index in [-0.39, 0.29) is 5.56 Å². The first kappa shape index (κ1) is 11.5. The number of halogens is 3. The van der Waals surface area contributed by atoms with Crippen molar-refractivity contribution in [3.63, 3.8) is 0 Å². The molecular formula is C9H11F3OS. The molecule has 1 nitrogen and oxygen atoms in total. The Bertz CT molecular complexity index is 303. The van der Waals surface area contributed by atoms with Crippen molar-refractivity contribution < 1.29 is 18.3 Å². The van der Waals surface area contributed by atoms with Gasteiger partial charge in [0, 0.05) is 5.92 Å². The highest BCUT2D eigenvalue weighted by molar-refractivity contribution is 7.10. The third kappa shape index (κ3) is 2.27. The van der Waals surface area contributed by atoms with Crippen molar-refractivity contribution in [2.45, 2.75) is 32.0 Å². The van der Waals surface area contributed by atoms with E-state index in [1.54, 1.807) is 6.92 Å². The van der Waals surface area contributed by atoms with Gasteiger partial charge in [0.2, 0.25) is 0 Å². The van der Waals surface area contributed by atoms with Crippen LogP contribution in [0, 0.1) is 0 Å². The molecule has 0 fully saturated rings. The number of alkyl halides is 3. The van der Waals surface area contributed by atoms with E-state index in [1.165, 1.54) is 18.4 Å². The molecule has 1 N–H and O–H groups in total. The Labute approximate surface area is 84.2 Å². The molecule has 0 radical (unpaired) electrons. The fraction of sp³-hybridized carbons (Fsp3) is 0.556. The van der Waals surface area contributed by atoms with Gasteiger partial charge in [-0.15, -0.1) is 11.3 Å². The summed E-state index contributed by atoms with van der Waals surface area (Å²) in [5.74, 6) is -0.488. The second kappa shape index (κ2) is 3.90. The van der Waals surface area contributed by atoms with Crippen LogP contribution in [0.25, 0.3) is 0 Å². The van der Waals surface area contributed by atoms with E-state index in [9.17, 15) is 18.3 Å². The van der Waals surface area contributed by atoms with Gasteiger partial charge in [0.15, 0.2) is 0 Å². The van der Waals surface area contributed by atoms with Gasteiger partial charge in [-0.3, -0.25) is 0 Å². The fourth-order valence-electron chi connectivity index (χ4n) is 1.17. The summed E-state index contributed by atoms with van der Waals surface area (Å²) in [6.07, 6.45) is -5.09. The Hall–Kier alpha value is -0.550. The Morgan fingerprint density at radius 2 is 1.93 bits per heavy atom. The highest BCUT2D eigenvalue weighted by Crippen LogP contribution is 2.39. The summed E-state index contributed by atoms with van der Waals surface area (Å²) in [7, 11) is 0. The lowest BCUT2D eigenvalue weighted by atomic mass is 9.97. The summed E-state index contributed by atoms with van der Waals surface area (Å²) in [4.78, 5) is -0.606. The van der Waals surface area contributed by atoms with Crippen molar-refractivity contribution in [2.24, 2.45) is 0 Å². The Kier molecular flexibility index (Phi) is 3.21. The molecule has 1 aromatic heterocycles.